The summed E-state index contributed by atoms with van der Waals surface area (Å²) < 4.78 is 40.2. The topological polar surface area (TPSA) is 163 Å². The molecule has 3 heterocycles. The van der Waals surface area contributed by atoms with Crippen molar-refractivity contribution in [3.63, 3.8) is 0 Å². The summed E-state index contributed by atoms with van der Waals surface area (Å²) in [5.41, 5.74) is -3.45. The molecule has 268 valence electrons. The summed E-state index contributed by atoms with van der Waals surface area (Å²) >= 11 is 0. The van der Waals surface area contributed by atoms with Crippen molar-refractivity contribution in [2.45, 2.75) is 56.0 Å². The first-order chi connectivity index (χ1) is 24.2. The predicted octanol–water partition coefficient (Wildman–Crippen LogP) is 4.35. The van der Waals surface area contributed by atoms with Crippen LogP contribution < -0.4 is 5.32 Å². The second-order valence-corrected chi connectivity index (χ2v) is 14.7. The van der Waals surface area contributed by atoms with Gasteiger partial charge in [-0.15, -0.1) is 0 Å². The van der Waals surface area contributed by atoms with Crippen LogP contribution in [0.5, 0.6) is 0 Å². The number of hydrogen-bond acceptors (Lipinski definition) is 5. The summed E-state index contributed by atoms with van der Waals surface area (Å²) in [7, 11) is -4.11. The van der Waals surface area contributed by atoms with Crippen LogP contribution in [0.15, 0.2) is 84.9 Å². The zero-order chi connectivity index (χ0) is 36.7. The summed E-state index contributed by atoms with van der Waals surface area (Å²) in [6.07, 6.45) is 1.36. The molecule has 0 radical (unpaired) electrons. The number of rotatable bonds is 8. The molecule has 12 nitrogen and oxygen atoms in total. The molecule has 1 aromatic heterocycles. The van der Waals surface area contributed by atoms with Crippen LogP contribution in [0.3, 0.4) is 0 Å². The summed E-state index contributed by atoms with van der Waals surface area (Å²) in [5, 5.41) is 2.77. The van der Waals surface area contributed by atoms with E-state index < -0.39 is 48.8 Å². The van der Waals surface area contributed by atoms with Gasteiger partial charge in [-0.1, -0.05) is 66.7 Å². The van der Waals surface area contributed by atoms with Crippen LogP contribution >= 0.6 is 7.60 Å². The largest absolute Gasteiger partial charge is 0.399 e. The molecule has 0 spiro atoms. The monoisotopic (exact) mass is 721 g/mol. The fraction of sp³-hybridized carbons (Fsp3) is 0.333. The number of benzene rings is 3. The van der Waals surface area contributed by atoms with E-state index in [2.05, 4.69) is 10.3 Å². The van der Waals surface area contributed by atoms with Crippen LogP contribution in [0.2, 0.25) is 0 Å². The van der Waals surface area contributed by atoms with Crippen molar-refractivity contribution in [2.75, 3.05) is 20.1 Å². The number of alkyl halides is 2. The SMILES string of the molecule is CC(=O)N1CC[C@H]2CC[C@@H](C(=O)N(C)C(c3ccccc3)c3ccccc3)N2C(=O)[C@@H](NC(=O)c2cc3cc(C(F)(F)P(=O)(O)O)ccc3[nH]2)C1. The van der Waals surface area contributed by atoms with E-state index in [0.717, 1.165) is 23.3 Å². The quantitative estimate of drug-likeness (QED) is 0.197. The fourth-order valence-electron chi connectivity index (χ4n) is 7.13. The average Bonchev–Trinajstić information content (AvgIpc) is 3.73. The molecule has 0 aliphatic carbocycles. The Morgan fingerprint density at radius 2 is 1.59 bits per heavy atom. The average molecular weight is 722 g/mol. The Labute approximate surface area is 292 Å². The van der Waals surface area contributed by atoms with Crippen molar-refractivity contribution in [3.8, 4) is 0 Å². The molecule has 15 heteroatoms. The van der Waals surface area contributed by atoms with Gasteiger partial charge in [0.25, 0.3) is 5.91 Å². The van der Waals surface area contributed by atoms with Gasteiger partial charge < -0.3 is 34.8 Å². The number of nitrogens with one attached hydrogen (secondary N) is 2. The lowest BCUT2D eigenvalue weighted by molar-refractivity contribution is -0.148. The minimum atomic E-state index is -5.82. The van der Waals surface area contributed by atoms with Crippen LogP contribution in [0.4, 0.5) is 8.78 Å². The maximum absolute atomic E-state index is 14.4. The number of aromatic nitrogens is 1. The normalized spacial score (nSPS) is 19.8. The van der Waals surface area contributed by atoms with Gasteiger partial charge >= 0.3 is 13.3 Å². The van der Waals surface area contributed by atoms with Gasteiger partial charge in [0.1, 0.15) is 17.8 Å². The summed E-state index contributed by atoms with van der Waals surface area (Å²) in [4.78, 5) is 80.8. The minimum Gasteiger partial charge on any atom is -0.351 e. The smallest absolute Gasteiger partial charge is 0.351 e. The maximum atomic E-state index is 14.4. The first kappa shape index (κ1) is 35.9. The number of carbonyl (C=O) groups is 4. The third-order valence-electron chi connectivity index (χ3n) is 9.77. The van der Waals surface area contributed by atoms with E-state index >= 15 is 0 Å². The van der Waals surface area contributed by atoms with Crippen molar-refractivity contribution in [3.05, 3.63) is 107 Å². The van der Waals surface area contributed by atoms with E-state index in [4.69, 9.17) is 9.79 Å². The number of nitrogens with zero attached hydrogens (tertiary/aromatic N) is 3. The number of fused-ring (bicyclic) bond motifs is 2. The van der Waals surface area contributed by atoms with Gasteiger partial charge in [0.2, 0.25) is 17.7 Å². The Bertz CT molecular complexity index is 1970. The maximum Gasteiger partial charge on any atom is 0.399 e. The van der Waals surface area contributed by atoms with Gasteiger partial charge in [-0.2, -0.15) is 8.78 Å². The van der Waals surface area contributed by atoms with Crippen molar-refractivity contribution in [1.82, 2.24) is 25.0 Å². The highest BCUT2D eigenvalue weighted by atomic mass is 31.2. The molecule has 2 aliphatic rings. The van der Waals surface area contributed by atoms with E-state index in [1.54, 1.807) is 16.8 Å². The fourth-order valence-corrected chi connectivity index (χ4v) is 7.60. The van der Waals surface area contributed by atoms with Gasteiger partial charge in [0.05, 0.1) is 6.04 Å². The molecule has 0 unspecified atom stereocenters. The molecule has 0 saturated carbocycles. The molecule has 2 fully saturated rings. The van der Waals surface area contributed by atoms with Crippen LogP contribution in [0, 0.1) is 0 Å². The molecule has 2 aliphatic heterocycles. The number of H-pyrrole nitrogens is 1. The molecule has 0 bridgehead atoms. The summed E-state index contributed by atoms with van der Waals surface area (Å²) in [5.74, 6) is -1.87. The second-order valence-electron chi connectivity index (χ2n) is 13.0. The molecule has 6 rings (SSSR count). The zero-order valence-corrected chi connectivity index (χ0v) is 28.8. The Balaban J connectivity index is 1.28. The highest BCUT2D eigenvalue weighted by Crippen LogP contribution is 2.59. The molecule has 2 saturated heterocycles. The van der Waals surface area contributed by atoms with Crippen molar-refractivity contribution < 1.29 is 42.3 Å². The molecular formula is C36H38F2N5O7P. The van der Waals surface area contributed by atoms with Crippen LogP contribution in [0.1, 0.15) is 59.4 Å². The van der Waals surface area contributed by atoms with Crippen molar-refractivity contribution in [1.29, 1.82) is 0 Å². The van der Waals surface area contributed by atoms with Crippen LogP contribution in [-0.4, -0.2) is 91.4 Å². The van der Waals surface area contributed by atoms with Crippen LogP contribution in [0.25, 0.3) is 10.9 Å². The highest BCUT2D eigenvalue weighted by molar-refractivity contribution is 7.52. The Kier molecular flexibility index (Phi) is 9.86. The van der Waals surface area contributed by atoms with Gasteiger partial charge in [-0.3, -0.25) is 23.7 Å². The van der Waals surface area contributed by atoms with E-state index in [0.29, 0.717) is 25.8 Å². The lowest BCUT2D eigenvalue weighted by Crippen LogP contribution is -2.61. The van der Waals surface area contributed by atoms with Gasteiger partial charge in [-0.05, 0) is 48.6 Å². The molecule has 4 amide bonds. The van der Waals surface area contributed by atoms with E-state index in [1.165, 1.54) is 24.0 Å². The third kappa shape index (κ3) is 7.03. The van der Waals surface area contributed by atoms with Crippen molar-refractivity contribution in [2.24, 2.45) is 0 Å². The van der Waals surface area contributed by atoms with Crippen LogP contribution in [-0.2, 0) is 24.6 Å². The molecule has 51 heavy (non-hydrogen) atoms. The van der Waals surface area contributed by atoms with E-state index in [9.17, 15) is 32.5 Å². The Morgan fingerprint density at radius 1 is 0.961 bits per heavy atom. The Hall–Kier alpha value is -4.91. The summed E-state index contributed by atoms with van der Waals surface area (Å²) in [6, 6.07) is 20.4. The first-order valence-corrected chi connectivity index (χ1v) is 18.1. The standard InChI is InChI=1S/C36H38F2N5O7P/c1-22(44)42-18-17-27-14-16-31(35(47)41(2)32(23-9-5-3-6-10-23)24-11-7-4-8-12-24)43(27)34(46)30(21-42)40-33(45)29-20-25-19-26(13-15-28(25)39-29)36(37,38)51(48,49)50/h3-13,15,19-20,27,30-32,39H,14,16-18,21H2,1-2H3,(H,40,45)(H2,48,49,50)/t27-,30+,31+/m1/s1. The number of halogens is 2. The molecule has 3 aromatic carbocycles. The number of carbonyl (C=O) groups excluding carboxylic acids is 4. The second kappa shape index (κ2) is 14.0. The lowest BCUT2D eigenvalue weighted by atomic mass is 9.96. The van der Waals surface area contributed by atoms with Gasteiger partial charge in [-0.25, -0.2) is 0 Å². The minimum absolute atomic E-state index is 0.0832. The third-order valence-corrected chi connectivity index (χ3v) is 10.8. The molecule has 4 N–H and O–H groups in total. The van der Waals surface area contributed by atoms with Gasteiger partial charge in [0, 0.05) is 49.6 Å². The molecule has 4 aromatic rings. The van der Waals surface area contributed by atoms with Crippen molar-refractivity contribution >= 4 is 42.1 Å². The molecular weight excluding hydrogens is 683 g/mol. The molecule has 3 atom stereocenters. The Morgan fingerprint density at radius 3 is 2.18 bits per heavy atom. The number of amides is 4. The highest BCUT2D eigenvalue weighted by Gasteiger charge is 2.50. The van der Waals surface area contributed by atoms with E-state index in [-0.39, 0.29) is 41.0 Å². The zero-order valence-electron chi connectivity index (χ0n) is 27.9. The number of hydrogen-bond donors (Lipinski definition) is 4. The van der Waals surface area contributed by atoms with E-state index in [1.807, 2.05) is 60.7 Å². The van der Waals surface area contributed by atoms with Gasteiger partial charge in [0.15, 0.2) is 0 Å². The number of aromatic amines is 1. The summed E-state index contributed by atoms with van der Waals surface area (Å²) in [6.45, 7) is 1.51. The lowest BCUT2D eigenvalue weighted by Gasteiger charge is -2.40. The predicted molar refractivity (Wildman–Crippen MR) is 184 cm³/mol. The number of likely N-dealkylation sites (N-methyl/N-ethyl adjacent to an activating group) is 1. The first-order valence-electron chi connectivity index (χ1n) is 16.5.